The lowest BCUT2D eigenvalue weighted by Crippen LogP contribution is -2.29. The van der Waals surface area contributed by atoms with Crippen molar-refractivity contribution in [1.29, 1.82) is 0 Å². The number of carbonyl (C=O) groups excluding carboxylic acids is 1. The molecule has 0 spiro atoms. The summed E-state index contributed by atoms with van der Waals surface area (Å²) in [7, 11) is 0. The van der Waals surface area contributed by atoms with Crippen LogP contribution in [0.3, 0.4) is 0 Å². The topological polar surface area (TPSA) is 59.8 Å². The number of benzene rings is 2. The molecule has 2 aromatic carbocycles. The van der Waals surface area contributed by atoms with Crippen molar-refractivity contribution in [1.82, 2.24) is 20.3 Å². The van der Waals surface area contributed by atoms with Crippen LogP contribution >= 0.6 is 0 Å². The molecule has 5 nitrogen and oxygen atoms in total. The summed E-state index contributed by atoms with van der Waals surface area (Å²) in [6, 6.07) is 6.93. The van der Waals surface area contributed by atoms with Gasteiger partial charge in [0.25, 0.3) is 0 Å². The minimum absolute atomic E-state index is 0.00952. The van der Waals surface area contributed by atoms with Gasteiger partial charge in [-0.2, -0.15) is 4.68 Å². The van der Waals surface area contributed by atoms with E-state index >= 15 is 0 Å². The van der Waals surface area contributed by atoms with E-state index in [4.69, 9.17) is 0 Å². The molecule has 1 aromatic heterocycles. The lowest BCUT2D eigenvalue weighted by molar-refractivity contribution is 0.239. The molecule has 3 rings (SSSR count). The van der Waals surface area contributed by atoms with Crippen LogP contribution < -0.4 is 5.32 Å². The highest BCUT2D eigenvalue weighted by Gasteiger charge is 2.17. The highest BCUT2D eigenvalue weighted by Crippen LogP contribution is 2.17. The fourth-order valence-corrected chi connectivity index (χ4v) is 2.48. The Morgan fingerprint density at radius 2 is 1.91 bits per heavy atom. The number of fused-ring (bicyclic) bond motifs is 1. The molecule has 1 amide bonds. The molecular weight excluding hydrogens is 302 g/mol. The molecule has 0 unspecified atom stereocenters. The predicted molar refractivity (Wildman–Crippen MR) is 81.0 cm³/mol. The van der Waals surface area contributed by atoms with Crippen LogP contribution in [0.4, 0.5) is 13.6 Å². The molecule has 7 heteroatoms. The Morgan fingerprint density at radius 1 is 1.22 bits per heavy atom. The van der Waals surface area contributed by atoms with Gasteiger partial charge in [-0.3, -0.25) is 0 Å². The maximum atomic E-state index is 13.9. The van der Waals surface area contributed by atoms with Crippen LogP contribution in [0.25, 0.3) is 11.0 Å². The monoisotopic (exact) mass is 316 g/mol. The van der Waals surface area contributed by atoms with Crippen molar-refractivity contribution >= 4 is 17.1 Å². The molecular formula is C16H14F2N4O. The smallest absolute Gasteiger partial charge is 0.332 e. The first-order valence-electron chi connectivity index (χ1n) is 7.01. The number of amides is 1. The first kappa shape index (κ1) is 15.1. The third kappa shape index (κ3) is 2.77. The Kier molecular flexibility index (Phi) is 3.77. The van der Waals surface area contributed by atoms with Crippen molar-refractivity contribution < 1.29 is 13.6 Å². The van der Waals surface area contributed by atoms with Gasteiger partial charge in [-0.25, -0.2) is 13.6 Å². The molecule has 1 heterocycles. The summed E-state index contributed by atoms with van der Waals surface area (Å²) in [5, 5.41) is 9.90. The van der Waals surface area contributed by atoms with E-state index in [0.717, 1.165) is 27.4 Å². The summed E-state index contributed by atoms with van der Waals surface area (Å²) in [5.41, 5.74) is 2.91. The second-order valence-electron chi connectivity index (χ2n) is 5.29. The quantitative estimate of drug-likeness (QED) is 0.790. The van der Waals surface area contributed by atoms with Gasteiger partial charge in [-0.05, 0) is 30.5 Å². The Balaban J connectivity index is 1.87. The van der Waals surface area contributed by atoms with Crippen molar-refractivity contribution in [2.24, 2.45) is 0 Å². The summed E-state index contributed by atoms with van der Waals surface area (Å²) < 4.78 is 27.8. The van der Waals surface area contributed by atoms with Crippen LogP contribution in [0.5, 0.6) is 0 Å². The number of carbonyl (C=O) groups is 1. The lowest BCUT2D eigenvalue weighted by Gasteiger charge is -2.11. The molecule has 23 heavy (non-hydrogen) atoms. The zero-order valence-corrected chi connectivity index (χ0v) is 12.6. The Labute approximate surface area is 130 Å². The van der Waals surface area contributed by atoms with Crippen molar-refractivity contribution in [3.8, 4) is 0 Å². The summed E-state index contributed by atoms with van der Waals surface area (Å²) in [6.45, 7) is 4.17. The predicted octanol–water partition coefficient (Wildman–Crippen LogP) is 3.08. The maximum Gasteiger partial charge on any atom is 0.344 e. The van der Waals surface area contributed by atoms with E-state index < -0.39 is 17.7 Å². The molecule has 0 radical (unpaired) electrons. The van der Waals surface area contributed by atoms with Crippen LogP contribution in [-0.2, 0) is 6.54 Å². The largest absolute Gasteiger partial charge is 0.344 e. The lowest BCUT2D eigenvalue weighted by atomic mass is 10.0. The van der Waals surface area contributed by atoms with Gasteiger partial charge in [0.1, 0.15) is 16.9 Å². The van der Waals surface area contributed by atoms with Gasteiger partial charge in [0, 0.05) is 18.7 Å². The third-order valence-electron chi connectivity index (χ3n) is 3.71. The number of halogens is 2. The van der Waals surface area contributed by atoms with Crippen LogP contribution in [0.15, 0.2) is 30.3 Å². The molecule has 0 aliphatic heterocycles. The normalized spacial score (nSPS) is 11.0. The summed E-state index contributed by atoms with van der Waals surface area (Å²) in [5.74, 6) is -1.65. The van der Waals surface area contributed by atoms with E-state index in [1.165, 1.54) is 0 Å². The van der Waals surface area contributed by atoms with Gasteiger partial charge in [-0.15, -0.1) is 5.10 Å². The van der Waals surface area contributed by atoms with Crippen LogP contribution in [-0.4, -0.2) is 21.0 Å². The summed E-state index contributed by atoms with van der Waals surface area (Å²) in [4.78, 5) is 12.2. The number of aryl methyl sites for hydroxylation is 2. The molecule has 118 valence electrons. The number of hydrogen-bond donors (Lipinski definition) is 1. The van der Waals surface area contributed by atoms with E-state index in [1.807, 2.05) is 32.0 Å². The third-order valence-corrected chi connectivity index (χ3v) is 3.71. The first-order chi connectivity index (χ1) is 11.0. The summed E-state index contributed by atoms with van der Waals surface area (Å²) in [6.07, 6.45) is 0. The van der Waals surface area contributed by atoms with Crippen molar-refractivity contribution in [2.45, 2.75) is 20.4 Å². The van der Waals surface area contributed by atoms with Crippen molar-refractivity contribution in [2.75, 3.05) is 0 Å². The molecule has 0 aliphatic rings. The Bertz CT molecular complexity index is 884. The average Bonchev–Trinajstić information content (AvgIpc) is 2.90. The van der Waals surface area contributed by atoms with E-state index in [1.54, 1.807) is 0 Å². The number of aromatic nitrogens is 3. The van der Waals surface area contributed by atoms with Crippen molar-refractivity contribution in [3.63, 3.8) is 0 Å². The van der Waals surface area contributed by atoms with E-state index in [-0.39, 0.29) is 17.6 Å². The Morgan fingerprint density at radius 3 is 2.61 bits per heavy atom. The molecule has 0 saturated heterocycles. The van der Waals surface area contributed by atoms with E-state index in [9.17, 15) is 13.6 Å². The van der Waals surface area contributed by atoms with Gasteiger partial charge in [0.05, 0.1) is 0 Å². The van der Waals surface area contributed by atoms with E-state index in [2.05, 4.69) is 15.6 Å². The van der Waals surface area contributed by atoms with Crippen LogP contribution in [0.2, 0.25) is 0 Å². The molecule has 0 bridgehead atoms. The molecule has 0 fully saturated rings. The fraction of sp³-hybridized carbons (Fsp3) is 0.188. The molecule has 0 aliphatic carbocycles. The van der Waals surface area contributed by atoms with Gasteiger partial charge in [0.2, 0.25) is 0 Å². The number of nitrogens with zero attached hydrogens (tertiary/aromatic N) is 3. The number of hydrogen-bond acceptors (Lipinski definition) is 3. The second kappa shape index (κ2) is 5.75. The molecule has 0 saturated carbocycles. The molecule has 0 atom stereocenters. The minimum atomic E-state index is -0.882. The van der Waals surface area contributed by atoms with Crippen LogP contribution in [0, 0.1) is 25.5 Å². The fourth-order valence-electron chi connectivity index (χ4n) is 2.48. The Hall–Kier alpha value is -2.83. The van der Waals surface area contributed by atoms with Crippen LogP contribution in [0.1, 0.15) is 16.7 Å². The SMILES string of the molecule is Cc1cccc(C)c1CNC(=O)n1nnc2cc(F)cc(F)c21. The highest BCUT2D eigenvalue weighted by molar-refractivity contribution is 5.88. The average molecular weight is 316 g/mol. The van der Waals surface area contributed by atoms with Gasteiger partial charge >= 0.3 is 6.03 Å². The minimum Gasteiger partial charge on any atom is -0.332 e. The molecule has 3 aromatic rings. The number of rotatable bonds is 2. The van der Waals surface area contributed by atoms with Crippen molar-refractivity contribution in [3.05, 3.63) is 58.7 Å². The zero-order chi connectivity index (χ0) is 16.6. The van der Waals surface area contributed by atoms with Gasteiger partial charge < -0.3 is 5.32 Å². The second-order valence-corrected chi connectivity index (χ2v) is 5.29. The van der Waals surface area contributed by atoms with Gasteiger partial charge in [0.15, 0.2) is 5.82 Å². The summed E-state index contributed by atoms with van der Waals surface area (Å²) >= 11 is 0. The number of nitrogens with one attached hydrogen (secondary N) is 1. The standard InChI is InChI=1S/C16H14F2N4O/c1-9-4-3-5-10(2)12(9)8-19-16(23)22-15-13(18)6-11(17)7-14(15)20-21-22/h3-7H,8H2,1-2H3,(H,19,23). The van der Waals surface area contributed by atoms with Gasteiger partial charge in [-0.1, -0.05) is 23.4 Å². The maximum absolute atomic E-state index is 13.9. The molecule has 1 N–H and O–H groups in total. The first-order valence-corrected chi connectivity index (χ1v) is 7.01. The zero-order valence-electron chi connectivity index (χ0n) is 12.6. The highest BCUT2D eigenvalue weighted by atomic mass is 19.1. The van der Waals surface area contributed by atoms with E-state index in [0.29, 0.717) is 6.07 Å².